The van der Waals surface area contributed by atoms with Crippen LogP contribution in [0, 0.1) is 5.92 Å². The molecule has 1 aromatic carbocycles. The highest BCUT2D eigenvalue weighted by Crippen LogP contribution is 2.29. The van der Waals surface area contributed by atoms with Gasteiger partial charge >= 0.3 is 0 Å². The maximum Gasteiger partial charge on any atom is 0.295 e. The van der Waals surface area contributed by atoms with Crippen molar-refractivity contribution in [3.05, 3.63) is 60.2 Å². The van der Waals surface area contributed by atoms with Crippen LogP contribution < -0.4 is 5.73 Å². The van der Waals surface area contributed by atoms with Crippen molar-refractivity contribution in [2.45, 2.75) is 9.77 Å². The second-order valence-corrected chi connectivity index (χ2v) is 8.02. The SMILES string of the molecule is NC1(S(=O)(=O)O)C=CC=CC1C=Cc1ccccc1S(=O)(=O)O. The van der Waals surface area contributed by atoms with E-state index in [1.165, 1.54) is 42.5 Å². The van der Waals surface area contributed by atoms with Crippen molar-refractivity contribution in [2.75, 3.05) is 0 Å². The van der Waals surface area contributed by atoms with Crippen LogP contribution in [0.2, 0.25) is 0 Å². The minimum Gasteiger partial charge on any atom is -0.307 e. The number of hydrogen-bond donors (Lipinski definition) is 3. The standard InChI is InChI=1S/C14H15NO6S2/c15-14(23(19,20)21)10-4-3-6-12(14)9-8-11-5-1-2-7-13(11)22(16,17)18/h1-10,12H,15H2,(H,16,17,18)(H,19,20,21). The van der Waals surface area contributed by atoms with Gasteiger partial charge in [-0.3, -0.25) is 9.11 Å². The Hall–Kier alpha value is -1.78. The highest BCUT2D eigenvalue weighted by molar-refractivity contribution is 7.87. The van der Waals surface area contributed by atoms with Crippen LogP contribution in [0.1, 0.15) is 5.56 Å². The molecule has 9 heteroatoms. The zero-order valence-corrected chi connectivity index (χ0v) is 13.4. The first-order chi connectivity index (χ1) is 10.6. The molecule has 2 atom stereocenters. The molecule has 0 bridgehead atoms. The fourth-order valence-corrected chi connectivity index (χ4v) is 3.62. The van der Waals surface area contributed by atoms with Crippen LogP contribution in [0.15, 0.2) is 59.5 Å². The molecule has 124 valence electrons. The lowest BCUT2D eigenvalue weighted by molar-refractivity contribution is 0.429. The van der Waals surface area contributed by atoms with Gasteiger partial charge in [-0.2, -0.15) is 16.8 Å². The summed E-state index contributed by atoms with van der Waals surface area (Å²) in [4.78, 5) is -2.37. The summed E-state index contributed by atoms with van der Waals surface area (Å²) in [5, 5.41) is 0. The average molecular weight is 357 g/mol. The minimum absolute atomic E-state index is 0.163. The van der Waals surface area contributed by atoms with Crippen molar-refractivity contribution < 1.29 is 25.9 Å². The molecule has 0 spiro atoms. The van der Waals surface area contributed by atoms with E-state index in [-0.39, 0.29) is 10.5 Å². The molecule has 2 unspecified atom stereocenters. The first-order valence-electron chi connectivity index (χ1n) is 6.42. The number of rotatable bonds is 4. The molecule has 4 N–H and O–H groups in total. The van der Waals surface area contributed by atoms with Crippen molar-refractivity contribution >= 4 is 26.3 Å². The van der Waals surface area contributed by atoms with Gasteiger partial charge in [-0.15, -0.1) is 0 Å². The molecule has 1 aliphatic carbocycles. The molecule has 1 aromatic rings. The summed E-state index contributed by atoms with van der Waals surface area (Å²) >= 11 is 0. The van der Waals surface area contributed by atoms with Crippen LogP contribution >= 0.6 is 0 Å². The molecule has 0 fully saturated rings. The maximum atomic E-state index is 11.5. The molecule has 0 radical (unpaired) electrons. The lowest BCUT2D eigenvalue weighted by Gasteiger charge is -2.29. The van der Waals surface area contributed by atoms with Gasteiger partial charge in [0, 0.05) is 5.92 Å². The Bertz CT molecular complexity index is 899. The van der Waals surface area contributed by atoms with Gasteiger partial charge in [0.15, 0.2) is 4.87 Å². The summed E-state index contributed by atoms with van der Waals surface area (Å²) in [6, 6.07) is 5.65. The third-order valence-electron chi connectivity index (χ3n) is 3.43. The van der Waals surface area contributed by atoms with Crippen molar-refractivity contribution in [3.63, 3.8) is 0 Å². The van der Waals surface area contributed by atoms with Gasteiger partial charge in [-0.25, -0.2) is 0 Å². The molecule has 1 aliphatic rings. The normalized spacial score (nSPS) is 25.1. The van der Waals surface area contributed by atoms with Crippen LogP contribution in [-0.4, -0.2) is 30.8 Å². The summed E-state index contributed by atoms with van der Waals surface area (Å²) in [5.41, 5.74) is 5.94. The molecule has 23 heavy (non-hydrogen) atoms. The van der Waals surface area contributed by atoms with Crippen LogP contribution in [0.5, 0.6) is 0 Å². The van der Waals surface area contributed by atoms with E-state index in [0.717, 1.165) is 6.08 Å². The van der Waals surface area contributed by atoms with Crippen molar-refractivity contribution in [3.8, 4) is 0 Å². The van der Waals surface area contributed by atoms with Gasteiger partial charge in [-0.05, 0) is 17.7 Å². The lowest BCUT2D eigenvalue weighted by Crippen LogP contribution is -2.51. The Labute approximate surface area is 134 Å². The first kappa shape index (κ1) is 17.6. The first-order valence-corrected chi connectivity index (χ1v) is 9.30. The molecule has 7 nitrogen and oxygen atoms in total. The quantitative estimate of drug-likeness (QED) is 0.690. The van der Waals surface area contributed by atoms with E-state index in [9.17, 15) is 25.9 Å². The predicted octanol–water partition coefficient (Wildman–Crippen LogP) is 1.23. The zero-order valence-electron chi connectivity index (χ0n) is 11.8. The fraction of sp³-hybridized carbons (Fsp3) is 0.143. The topological polar surface area (TPSA) is 135 Å². The third-order valence-corrected chi connectivity index (χ3v) is 5.66. The van der Waals surface area contributed by atoms with Gasteiger partial charge in [0.1, 0.15) is 4.90 Å². The van der Waals surface area contributed by atoms with Crippen LogP contribution in [0.25, 0.3) is 6.08 Å². The highest BCUT2D eigenvalue weighted by Gasteiger charge is 2.42. The number of hydrogen-bond acceptors (Lipinski definition) is 5. The van der Waals surface area contributed by atoms with Crippen molar-refractivity contribution in [2.24, 2.45) is 11.7 Å². The molecule has 0 amide bonds. The Balaban J connectivity index is 2.45. The Morgan fingerprint density at radius 1 is 1.09 bits per heavy atom. The summed E-state index contributed by atoms with van der Waals surface area (Å²) in [6.07, 6.45) is 8.22. The van der Waals surface area contributed by atoms with E-state index in [1.807, 2.05) is 0 Å². The molecule has 0 aromatic heterocycles. The van der Waals surface area contributed by atoms with E-state index in [4.69, 9.17) is 5.73 Å². The highest BCUT2D eigenvalue weighted by atomic mass is 32.2. The molecule has 0 aliphatic heterocycles. The van der Waals surface area contributed by atoms with E-state index in [0.29, 0.717) is 0 Å². The average Bonchev–Trinajstić information content (AvgIpc) is 2.44. The van der Waals surface area contributed by atoms with E-state index < -0.39 is 31.0 Å². The molecule has 0 saturated heterocycles. The van der Waals surface area contributed by atoms with Gasteiger partial charge in [0.05, 0.1) is 0 Å². The Kier molecular flexibility index (Phi) is 4.60. The van der Waals surface area contributed by atoms with Crippen molar-refractivity contribution in [1.82, 2.24) is 0 Å². The van der Waals surface area contributed by atoms with Gasteiger partial charge in [0.25, 0.3) is 20.2 Å². The minimum atomic E-state index is -4.60. The smallest absolute Gasteiger partial charge is 0.295 e. The summed E-state index contributed by atoms with van der Waals surface area (Å²) in [6.45, 7) is 0. The number of allylic oxidation sites excluding steroid dienone is 2. The number of nitrogens with two attached hydrogens (primary N) is 1. The molecular weight excluding hydrogens is 342 g/mol. The monoisotopic (exact) mass is 357 g/mol. The van der Waals surface area contributed by atoms with Crippen LogP contribution in [-0.2, 0) is 20.2 Å². The molecule has 0 saturated carbocycles. The van der Waals surface area contributed by atoms with E-state index >= 15 is 0 Å². The van der Waals surface area contributed by atoms with Crippen LogP contribution in [0.3, 0.4) is 0 Å². The van der Waals surface area contributed by atoms with Gasteiger partial charge in [-0.1, -0.05) is 48.6 Å². The molecule has 2 rings (SSSR count). The van der Waals surface area contributed by atoms with Gasteiger partial charge < -0.3 is 5.73 Å². The summed E-state index contributed by atoms with van der Waals surface area (Å²) in [5.74, 6) is -0.919. The third kappa shape index (κ3) is 3.59. The summed E-state index contributed by atoms with van der Waals surface area (Å²) in [7, 11) is -9.02. The molecule has 0 heterocycles. The lowest BCUT2D eigenvalue weighted by atomic mass is 9.94. The van der Waals surface area contributed by atoms with Gasteiger partial charge in [0.2, 0.25) is 0 Å². The van der Waals surface area contributed by atoms with E-state index in [1.54, 1.807) is 12.1 Å². The van der Waals surface area contributed by atoms with E-state index in [2.05, 4.69) is 0 Å². The second-order valence-electron chi connectivity index (χ2n) is 4.97. The maximum absolute atomic E-state index is 11.5. The van der Waals surface area contributed by atoms with Crippen LogP contribution in [0.4, 0.5) is 0 Å². The predicted molar refractivity (Wildman–Crippen MR) is 85.5 cm³/mol. The van der Waals surface area contributed by atoms with Crippen molar-refractivity contribution in [1.29, 1.82) is 0 Å². The molecular formula is C14H15NO6S2. The Morgan fingerprint density at radius 3 is 2.35 bits per heavy atom. The Morgan fingerprint density at radius 2 is 1.74 bits per heavy atom. The second kappa shape index (κ2) is 6.02. The summed E-state index contributed by atoms with van der Waals surface area (Å²) < 4.78 is 64.3. The fourth-order valence-electron chi connectivity index (χ4n) is 2.18. The number of benzene rings is 1. The largest absolute Gasteiger partial charge is 0.307 e. The zero-order chi connectivity index (χ0) is 17.3.